The molecule has 216 valence electrons. The van der Waals surface area contributed by atoms with Crippen molar-refractivity contribution < 1.29 is 33.6 Å². The van der Waals surface area contributed by atoms with Crippen LogP contribution in [0.1, 0.15) is 91.7 Å². The lowest BCUT2D eigenvalue weighted by atomic mass is 9.68. The third kappa shape index (κ3) is 7.07. The predicted octanol–water partition coefficient (Wildman–Crippen LogP) is 6.53. The van der Waals surface area contributed by atoms with Gasteiger partial charge in [0.2, 0.25) is 0 Å². The minimum absolute atomic E-state index is 0.0538. The fraction of sp³-hybridized carbons (Fsp3) is 0.677. The predicted molar refractivity (Wildman–Crippen MR) is 148 cm³/mol. The summed E-state index contributed by atoms with van der Waals surface area (Å²) in [5.41, 5.74) is 1.24. The van der Waals surface area contributed by atoms with Gasteiger partial charge in [-0.15, -0.1) is 0 Å². The average Bonchev–Trinajstić information content (AvgIpc) is 2.84. The molecule has 1 N–H and O–H groups in total. The summed E-state index contributed by atoms with van der Waals surface area (Å²) in [6.45, 7) is 13.6. The minimum Gasteiger partial charge on any atom is -0.490 e. The van der Waals surface area contributed by atoms with Gasteiger partial charge in [-0.05, 0) is 79.7 Å². The smallest absolute Gasteiger partial charge is 0.410 e. The van der Waals surface area contributed by atoms with Crippen molar-refractivity contribution in [3.8, 4) is 11.5 Å². The second-order valence-electron chi connectivity index (χ2n) is 12.7. The Hall–Kier alpha value is -2.74. The van der Waals surface area contributed by atoms with Gasteiger partial charge in [0.05, 0.1) is 18.8 Å². The largest absolute Gasteiger partial charge is 0.490 e. The van der Waals surface area contributed by atoms with E-state index in [1.807, 2.05) is 37.8 Å². The van der Waals surface area contributed by atoms with Gasteiger partial charge in [0.15, 0.2) is 11.5 Å². The molecule has 5 atom stereocenters. The zero-order chi connectivity index (χ0) is 28.4. The number of fused-ring (bicyclic) bond motifs is 4. The normalized spacial score (nSPS) is 27.8. The fourth-order valence-electron chi connectivity index (χ4n) is 6.08. The van der Waals surface area contributed by atoms with Crippen LogP contribution in [0.15, 0.2) is 29.8 Å². The Morgan fingerprint density at radius 2 is 2.03 bits per heavy atom. The van der Waals surface area contributed by atoms with Gasteiger partial charge in [-0.2, -0.15) is 0 Å². The van der Waals surface area contributed by atoms with Crippen molar-refractivity contribution in [1.29, 1.82) is 0 Å². The highest BCUT2D eigenvalue weighted by Crippen LogP contribution is 2.56. The number of carboxylic acids is 1. The van der Waals surface area contributed by atoms with Crippen LogP contribution in [0.4, 0.5) is 4.79 Å². The second-order valence-corrected chi connectivity index (χ2v) is 12.7. The summed E-state index contributed by atoms with van der Waals surface area (Å²) < 4.78 is 25.4. The van der Waals surface area contributed by atoms with Crippen LogP contribution in [0.3, 0.4) is 0 Å². The lowest BCUT2D eigenvalue weighted by Gasteiger charge is -2.54. The number of nitrogens with zero attached hydrogens (tertiary/aromatic N) is 1. The number of ether oxygens (including phenoxy) is 4. The number of allylic oxidation sites excluding steroid dienone is 2. The molecule has 0 aromatic heterocycles. The van der Waals surface area contributed by atoms with Gasteiger partial charge in [-0.1, -0.05) is 23.8 Å². The van der Waals surface area contributed by atoms with Gasteiger partial charge < -0.3 is 29.0 Å². The standard InChI is InChI=1S/C31H45NO7/c1-20(2)10-8-15-31(6)23-18-21-19-32(29(35)39-30(3,4)5)16-14-24(21)37-27(23)22-11-7-12-25(28(22)38-31)36-17-9-13-26(33)34/h7,10-12,21,23-24,27H,8-9,13-19H2,1-6H3,(H,33,34)/t21-,23-,24-,27+,31+/m0/s1. The summed E-state index contributed by atoms with van der Waals surface area (Å²) in [7, 11) is 0. The monoisotopic (exact) mass is 543 g/mol. The number of para-hydroxylation sites is 1. The van der Waals surface area contributed by atoms with Crippen LogP contribution in [0.25, 0.3) is 0 Å². The number of hydrogen-bond acceptors (Lipinski definition) is 6. The summed E-state index contributed by atoms with van der Waals surface area (Å²) in [5.74, 6) is 0.824. The highest BCUT2D eigenvalue weighted by atomic mass is 16.6. The van der Waals surface area contributed by atoms with Gasteiger partial charge in [-0.3, -0.25) is 4.79 Å². The van der Waals surface area contributed by atoms with Crippen LogP contribution in [0.2, 0.25) is 0 Å². The average molecular weight is 544 g/mol. The number of carboxylic acid groups (broad SMARTS) is 1. The molecule has 1 amide bonds. The maximum Gasteiger partial charge on any atom is 0.410 e. The highest BCUT2D eigenvalue weighted by molar-refractivity contribution is 5.68. The van der Waals surface area contributed by atoms with Crippen LogP contribution in [-0.2, 0) is 14.3 Å². The molecule has 8 heteroatoms. The van der Waals surface area contributed by atoms with E-state index >= 15 is 0 Å². The third-order valence-electron chi connectivity index (χ3n) is 7.98. The molecule has 39 heavy (non-hydrogen) atoms. The van der Waals surface area contributed by atoms with E-state index in [9.17, 15) is 9.59 Å². The Bertz CT molecular complexity index is 1070. The lowest BCUT2D eigenvalue weighted by Crippen LogP contribution is -2.57. The van der Waals surface area contributed by atoms with Gasteiger partial charge in [0.1, 0.15) is 11.2 Å². The van der Waals surface area contributed by atoms with Gasteiger partial charge >= 0.3 is 12.1 Å². The van der Waals surface area contributed by atoms with E-state index in [-0.39, 0.29) is 36.6 Å². The number of carbonyl (C=O) groups is 2. The molecule has 2 fully saturated rings. The van der Waals surface area contributed by atoms with Crippen molar-refractivity contribution in [3.05, 3.63) is 35.4 Å². The zero-order valence-corrected chi connectivity index (χ0v) is 24.3. The molecule has 0 aliphatic carbocycles. The molecule has 2 saturated heterocycles. The molecule has 1 aromatic rings. The Morgan fingerprint density at radius 3 is 2.72 bits per heavy atom. The van der Waals surface area contributed by atoms with Crippen molar-refractivity contribution in [1.82, 2.24) is 4.90 Å². The third-order valence-corrected chi connectivity index (χ3v) is 7.98. The Kier molecular flexibility index (Phi) is 8.84. The first kappa shape index (κ1) is 29.2. The van der Waals surface area contributed by atoms with E-state index in [0.717, 1.165) is 31.2 Å². The molecule has 0 spiro atoms. The topological polar surface area (TPSA) is 94.5 Å². The Morgan fingerprint density at radius 1 is 1.26 bits per heavy atom. The number of carbonyl (C=O) groups excluding carboxylic acids is 1. The molecule has 0 unspecified atom stereocenters. The van der Waals surface area contributed by atoms with Crippen molar-refractivity contribution in [2.45, 2.75) is 103 Å². The first-order valence-corrected chi connectivity index (χ1v) is 14.3. The zero-order valence-electron chi connectivity index (χ0n) is 24.3. The number of rotatable bonds is 8. The van der Waals surface area contributed by atoms with Crippen LogP contribution in [-0.4, -0.2) is 59.1 Å². The Balaban J connectivity index is 1.58. The number of likely N-dealkylation sites (tertiary alicyclic amines) is 1. The molecule has 3 aliphatic rings. The quantitative estimate of drug-likeness (QED) is 0.294. The summed E-state index contributed by atoms with van der Waals surface area (Å²) in [4.78, 5) is 25.6. The number of piperidine rings is 1. The van der Waals surface area contributed by atoms with Crippen molar-refractivity contribution in [2.24, 2.45) is 11.8 Å². The summed E-state index contributed by atoms with van der Waals surface area (Å²) in [6.07, 6.45) is 5.76. The molecule has 0 radical (unpaired) electrons. The van der Waals surface area contributed by atoms with Crippen molar-refractivity contribution in [3.63, 3.8) is 0 Å². The molecular formula is C31H45NO7. The molecule has 8 nitrogen and oxygen atoms in total. The molecular weight excluding hydrogens is 498 g/mol. The van der Waals surface area contributed by atoms with Crippen LogP contribution in [0.5, 0.6) is 11.5 Å². The lowest BCUT2D eigenvalue weighted by molar-refractivity contribution is -0.191. The van der Waals surface area contributed by atoms with E-state index in [1.54, 1.807) is 0 Å². The van der Waals surface area contributed by atoms with E-state index < -0.39 is 17.2 Å². The van der Waals surface area contributed by atoms with Crippen LogP contribution in [0, 0.1) is 11.8 Å². The molecule has 0 saturated carbocycles. The fourth-order valence-corrected chi connectivity index (χ4v) is 6.08. The van der Waals surface area contributed by atoms with Crippen molar-refractivity contribution in [2.75, 3.05) is 19.7 Å². The summed E-state index contributed by atoms with van der Waals surface area (Å²) >= 11 is 0. The maximum absolute atomic E-state index is 12.8. The van der Waals surface area contributed by atoms with Crippen LogP contribution >= 0.6 is 0 Å². The van der Waals surface area contributed by atoms with Crippen LogP contribution < -0.4 is 9.47 Å². The SMILES string of the molecule is CC(C)=CCC[C@@]1(C)Oc2c(OCCCC(=O)O)cccc2[C@H]2O[C@H]3CCN(C(=O)OC(C)(C)C)C[C@@H]3C[C@@H]21. The van der Waals surface area contributed by atoms with Crippen molar-refractivity contribution >= 4 is 12.1 Å². The molecule has 3 heterocycles. The number of aliphatic carboxylic acids is 1. The first-order valence-electron chi connectivity index (χ1n) is 14.3. The highest BCUT2D eigenvalue weighted by Gasteiger charge is 2.54. The van der Waals surface area contributed by atoms with Gasteiger partial charge in [-0.25, -0.2) is 4.79 Å². The van der Waals surface area contributed by atoms with Gasteiger partial charge in [0, 0.05) is 36.9 Å². The van der Waals surface area contributed by atoms with E-state index in [4.69, 9.17) is 24.1 Å². The molecule has 0 bridgehead atoms. The number of amides is 1. The summed E-state index contributed by atoms with van der Waals surface area (Å²) in [5, 5.41) is 8.98. The molecule has 1 aromatic carbocycles. The van der Waals surface area contributed by atoms with E-state index in [2.05, 4.69) is 32.9 Å². The number of benzene rings is 1. The maximum atomic E-state index is 12.8. The molecule has 3 aliphatic heterocycles. The minimum atomic E-state index is -0.831. The Labute approximate surface area is 232 Å². The van der Waals surface area contributed by atoms with E-state index in [0.29, 0.717) is 37.6 Å². The van der Waals surface area contributed by atoms with Gasteiger partial charge in [0.25, 0.3) is 0 Å². The van der Waals surface area contributed by atoms with E-state index in [1.165, 1.54) is 5.57 Å². The number of hydrogen-bond donors (Lipinski definition) is 1. The summed E-state index contributed by atoms with van der Waals surface area (Å²) in [6, 6.07) is 5.91. The first-order chi connectivity index (χ1) is 18.4. The molecule has 4 rings (SSSR count). The second kappa shape index (κ2) is 11.8.